The van der Waals surface area contributed by atoms with Crippen molar-refractivity contribution in [2.24, 2.45) is 0 Å². The van der Waals surface area contributed by atoms with E-state index in [9.17, 15) is 4.79 Å². The van der Waals surface area contributed by atoms with E-state index in [0.717, 1.165) is 4.47 Å². The molecule has 1 aromatic heterocycles. The average molecular weight is 258 g/mol. The molecular weight excluding hydrogens is 250 g/mol. The quantitative estimate of drug-likeness (QED) is 0.799. The molecule has 1 amide bonds. The molecule has 1 aromatic rings. The smallest absolute Gasteiger partial charge is 0.410 e. The van der Waals surface area contributed by atoms with Gasteiger partial charge in [0.25, 0.3) is 0 Å². The summed E-state index contributed by atoms with van der Waals surface area (Å²) in [5, 5.41) is 0. The SMILES string of the molecule is O=C1OCCN1Cc1ncc(Br)cn1. The van der Waals surface area contributed by atoms with Crippen LogP contribution in [0.5, 0.6) is 0 Å². The first-order chi connectivity index (χ1) is 6.75. The average Bonchev–Trinajstić information content (AvgIpc) is 2.56. The lowest BCUT2D eigenvalue weighted by atomic mass is 10.5. The van der Waals surface area contributed by atoms with Crippen LogP contribution in [-0.4, -0.2) is 34.1 Å². The Kier molecular flexibility index (Phi) is 2.62. The van der Waals surface area contributed by atoms with Gasteiger partial charge in [0.15, 0.2) is 0 Å². The second kappa shape index (κ2) is 3.91. The van der Waals surface area contributed by atoms with Gasteiger partial charge in [-0.15, -0.1) is 0 Å². The molecule has 6 heteroatoms. The Labute approximate surface area is 89.2 Å². The molecule has 0 bridgehead atoms. The first-order valence-electron chi connectivity index (χ1n) is 4.14. The van der Waals surface area contributed by atoms with Crippen LogP contribution < -0.4 is 0 Å². The molecule has 1 fully saturated rings. The topological polar surface area (TPSA) is 55.3 Å². The minimum absolute atomic E-state index is 0.295. The zero-order chi connectivity index (χ0) is 9.97. The molecule has 0 radical (unpaired) electrons. The lowest BCUT2D eigenvalue weighted by Gasteiger charge is -2.10. The van der Waals surface area contributed by atoms with Gasteiger partial charge in [-0.05, 0) is 15.9 Å². The summed E-state index contributed by atoms with van der Waals surface area (Å²) in [7, 11) is 0. The van der Waals surface area contributed by atoms with E-state index in [1.807, 2.05) is 0 Å². The summed E-state index contributed by atoms with van der Waals surface area (Å²) < 4.78 is 5.61. The molecule has 74 valence electrons. The van der Waals surface area contributed by atoms with Crippen molar-refractivity contribution in [1.29, 1.82) is 0 Å². The molecule has 1 aliphatic heterocycles. The van der Waals surface area contributed by atoms with Gasteiger partial charge in [0.1, 0.15) is 12.4 Å². The Morgan fingerprint density at radius 3 is 2.79 bits per heavy atom. The molecule has 0 unspecified atom stereocenters. The van der Waals surface area contributed by atoms with Crippen LogP contribution in [0, 0.1) is 0 Å². The summed E-state index contributed by atoms with van der Waals surface area (Å²) in [6.07, 6.45) is 3.02. The number of nitrogens with zero attached hydrogens (tertiary/aromatic N) is 3. The van der Waals surface area contributed by atoms with Crippen molar-refractivity contribution < 1.29 is 9.53 Å². The maximum atomic E-state index is 11.1. The van der Waals surface area contributed by atoms with Crippen LogP contribution in [0.2, 0.25) is 0 Å². The van der Waals surface area contributed by atoms with Gasteiger partial charge >= 0.3 is 6.09 Å². The number of carbonyl (C=O) groups excluding carboxylic acids is 1. The highest BCUT2D eigenvalue weighted by molar-refractivity contribution is 9.10. The number of rotatable bonds is 2. The molecule has 0 N–H and O–H groups in total. The minimum atomic E-state index is -0.295. The number of amides is 1. The van der Waals surface area contributed by atoms with Crippen molar-refractivity contribution in [3.63, 3.8) is 0 Å². The second-order valence-electron chi connectivity index (χ2n) is 2.85. The van der Waals surface area contributed by atoms with Crippen molar-refractivity contribution in [1.82, 2.24) is 14.9 Å². The first kappa shape index (κ1) is 9.39. The normalized spacial score (nSPS) is 15.8. The summed E-state index contributed by atoms with van der Waals surface area (Å²) in [6.45, 7) is 1.47. The van der Waals surface area contributed by atoms with Gasteiger partial charge in [0.2, 0.25) is 0 Å². The number of cyclic esters (lactones) is 1. The zero-order valence-electron chi connectivity index (χ0n) is 7.31. The van der Waals surface area contributed by atoms with E-state index >= 15 is 0 Å². The lowest BCUT2D eigenvalue weighted by molar-refractivity contribution is 0.156. The van der Waals surface area contributed by atoms with Gasteiger partial charge in [-0.2, -0.15) is 0 Å². The third-order valence-corrected chi connectivity index (χ3v) is 2.26. The van der Waals surface area contributed by atoms with Gasteiger partial charge < -0.3 is 4.74 Å². The van der Waals surface area contributed by atoms with E-state index < -0.39 is 0 Å². The third kappa shape index (κ3) is 2.01. The highest BCUT2D eigenvalue weighted by atomic mass is 79.9. The molecule has 1 aliphatic rings. The van der Waals surface area contributed by atoms with Gasteiger partial charge in [-0.25, -0.2) is 14.8 Å². The van der Waals surface area contributed by atoms with Gasteiger partial charge in [0, 0.05) is 12.4 Å². The second-order valence-corrected chi connectivity index (χ2v) is 3.77. The van der Waals surface area contributed by atoms with Crippen molar-refractivity contribution in [2.75, 3.05) is 13.2 Å². The van der Waals surface area contributed by atoms with Crippen LogP contribution in [-0.2, 0) is 11.3 Å². The number of aromatic nitrogens is 2. The molecule has 0 aliphatic carbocycles. The fourth-order valence-corrected chi connectivity index (χ4v) is 1.37. The first-order valence-corrected chi connectivity index (χ1v) is 4.93. The Balaban J connectivity index is 2.03. The fraction of sp³-hybridized carbons (Fsp3) is 0.375. The predicted octanol–water partition coefficient (Wildman–Crippen LogP) is 1.19. The Bertz CT molecular complexity index is 341. The van der Waals surface area contributed by atoms with Crippen LogP contribution in [0.1, 0.15) is 5.82 Å². The number of hydrogen-bond donors (Lipinski definition) is 0. The molecule has 2 heterocycles. The van der Waals surface area contributed by atoms with E-state index in [1.54, 1.807) is 17.3 Å². The summed E-state index contributed by atoms with van der Waals surface area (Å²) in [4.78, 5) is 20.8. The molecule has 2 rings (SSSR count). The Morgan fingerprint density at radius 1 is 1.50 bits per heavy atom. The summed E-state index contributed by atoms with van der Waals surface area (Å²) >= 11 is 3.24. The van der Waals surface area contributed by atoms with E-state index in [-0.39, 0.29) is 6.09 Å². The largest absolute Gasteiger partial charge is 0.448 e. The van der Waals surface area contributed by atoms with Gasteiger partial charge in [0.05, 0.1) is 17.6 Å². The fourth-order valence-electron chi connectivity index (χ4n) is 1.16. The molecule has 5 nitrogen and oxygen atoms in total. The molecule has 0 aromatic carbocycles. The summed E-state index contributed by atoms with van der Waals surface area (Å²) in [5.74, 6) is 0.618. The van der Waals surface area contributed by atoms with E-state index in [2.05, 4.69) is 25.9 Å². The predicted molar refractivity (Wildman–Crippen MR) is 51.5 cm³/mol. The maximum Gasteiger partial charge on any atom is 0.410 e. The van der Waals surface area contributed by atoms with E-state index in [0.29, 0.717) is 25.5 Å². The number of halogens is 1. The van der Waals surface area contributed by atoms with Gasteiger partial charge in [-0.3, -0.25) is 4.90 Å². The van der Waals surface area contributed by atoms with E-state index in [4.69, 9.17) is 4.74 Å². The summed E-state index contributed by atoms with van der Waals surface area (Å²) in [5.41, 5.74) is 0. The van der Waals surface area contributed by atoms with Crippen molar-refractivity contribution in [3.05, 3.63) is 22.7 Å². The van der Waals surface area contributed by atoms with Crippen LogP contribution in [0.4, 0.5) is 4.79 Å². The Hall–Kier alpha value is -1.17. The number of carbonyl (C=O) groups is 1. The van der Waals surface area contributed by atoms with Crippen molar-refractivity contribution in [2.45, 2.75) is 6.54 Å². The molecule has 0 atom stereocenters. The maximum absolute atomic E-state index is 11.1. The molecular formula is C8H8BrN3O2. The molecule has 1 saturated heterocycles. The number of ether oxygens (including phenoxy) is 1. The molecule has 0 saturated carbocycles. The minimum Gasteiger partial charge on any atom is -0.448 e. The highest BCUT2D eigenvalue weighted by Crippen LogP contribution is 2.09. The molecule has 0 spiro atoms. The highest BCUT2D eigenvalue weighted by Gasteiger charge is 2.22. The van der Waals surface area contributed by atoms with Crippen LogP contribution in [0.15, 0.2) is 16.9 Å². The van der Waals surface area contributed by atoms with Gasteiger partial charge in [-0.1, -0.05) is 0 Å². The van der Waals surface area contributed by atoms with Crippen molar-refractivity contribution in [3.8, 4) is 0 Å². The van der Waals surface area contributed by atoms with Crippen LogP contribution in [0.3, 0.4) is 0 Å². The number of hydrogen-bond acceptors (Lipinski definition) is 4. The zero-order valence-corrected chi connectivity index (χ0v) is 8.90. The Morgan fingerprint density at radius 2 is 2.21 bits per heavy atom. The third-order valence-electron chi connectivity index (χ3n) is 1.85. The standard InChI is InChI=1S/C8H8BrN3O2/c9-6-3-10-7(11-4-6)5-12-1-2-14-8(12)13/h3-4H,1-2,5H2. The monoisotopic (exact) mass is 257 g/mol. The van der Waals surface area contributed by atoms with E-state index in [1.165, 1.54) is 0 Å². The van der Waals surface area contributed by atoms with Crippen molar-refractivity contribution >= 4 is 22.0 Å². The van der Waals surface area contributed by atoms with Crippen LogP contribution >= 0.6 is 15.9 Å². The summed E-state index contributed by atoms with van der Waals surface area (Å²) in [6, 6.07) is 0. The molecule has 14 heavy (non-hydrogen) atoms. The van der Waals surface area contributed by atoms with Crippen LogP contribution in [0.25, 0.3) is 0 Å². The lowest BCUT2D eigenvalue weighted by Crippen LogP contribution is -2.24.